The number of ether oxygens (including phenoxy) is 1. The Morgan fingerprint density at radius 2 is 1.89 bits per heavy atom. The minimum Gasteiger partial charge on any atom is -0.492 e. The number of likely N-dealkylation sites (N-methyl/N-ethyl adjacent to an activating group) is 1. The van der Waals surface area contributed by atoms with Gasteiger partial charge in [0.25, 0.3) is 0 Å². The summed E-state index contributed by atoms with van der Waals surface area (Å²) >= 11 is 3.37. The molecule has 0 saturated heterocycles. The second-order valence-corrected chi connectivity index (χ2v) is 5.91. The third kappa shape index (κ3) is 5.23. The van der Waals surface area contributed by atoms with Crippen LogP contribution < -0.4 is 4.74 Å². The van der Waals surface area contributed by atoms with E-state index in [4.69, 9.17) is 4.74 Å². The van der Waals surface area contributed by atoms with E-state index in [0.717, 1.165) is 12.2 Å². The van der Waals surface area contributed by atoms with Crippen molar-refractivity contribution in [2.24, 2.45) is 0 Å². The van der Waals surface area contributed by atoms with E-state index in [2.05, 4.69) is 22.0 Å². The zero-order valence-corrected chi connectivity index (χ0v) is 13.7. The molecular formula is C15H22BrNO2. The Morgan fingerprint density at radius 1 is 1.32 bits per heavy atom. The molecule has 3 nitrogen and oxygen atoms in total. The van der Waals surface area contributed by atoms with Crippen LogP contribution in [0.4, 0.5) is 0 Å². The molecule has 1 amide bonds. The summed E-state index contributed by atoms with van der Waals surface area (Å²) in [6, 6.07) is 6.13. The van der Waals surface area contributed by atoms with E-state index in [1.54, 1.807) is 11.9 Å². The number of halogens is 1. The van der Waals surface area contributed by atoms with Crippen molar-refractivity contribution in [1.82, 2.24) is 4.90 Å². The van der Waals surface area contributed by atoms with Crippen LogP contribution in [0.1, 0.15) is 24.5 Å². The SMILES string of the molecule is CCC(Br)C(=O)N(C)CCOc1cc(C)cc(C)c1. The largest absolute Gasteiger partial charge is 0.492 e. The lowest BCUT2D eigenvalue weighted by Gasteiger charge is -2.20. The number of hydrogen-bond donors (Lipinski definition) is 0. The number of nitrogens with zero attached hydrogens (tertiary/aromatic N) is 1. The minimum atomic E-state index is -0.0984. The Hall–Kier alpha value is -1.03. The molecular weight excluding hydrogens is 306 g/mol. The van der Waals surface area contributed by atoms with Crippen molar-refractivity contribution in [2.75, 3.05) is 20.2 Å². The molecule has 0 saturated carbocycles. The molecule has 4 heteroatoms. The molecule has 19 heavy (non-hydrogen) atoms. The van der Waals surface area contributed by atoms with Crippen molar-refractivity contribution < 1.29 is 9.53 Å². The number of amides is 1. The first-order valence-electron chi connectivity index (χ1n) is 6.54. The van der Waals surface area contributed by atoms with E-state index >= 15 is 0 Å². The van der Waals surface area contributed by atoms with Crippen LogP contribution in [0.2, 0.25) is 0 Å². The van der Waals surface area contributed by atoms with Gasteiger partial charge in [-0.15, -0.1) is 0 Å². The molecule has 0 spiro atoms. The van der Waals surface area contributed by atoms with E-state index in [9.17, 15) is 4.79 Å². The molecule has 0 N–H and O–H groups in total. The summed E-state index contributed by atoms with van der Waals surface area (Å²) in [6.45, 7) is 7.18. The first-order valence-corrected chi connectivity index (χ1v) is 7.45. The molecule has 1 rings (SSSR count). The van der Waals surface area contributed by atoms with Gasteiger partial charge in [-0.2, -0.15) is 0 Å². The van der Waals surface area contributed by atoms with Crippen LogP contribution in [-0.4, -0.2) is 35.8 Å². The highest BCUT2D eigenvalue weighted by Crippen LogP contribution is 2.16. The van der Waals surface area contributed by atoms with Crippen LogP contribution in [0.5, 0.6) is 5.75 Å². The van der Waals surface area contributed by atoms with Crippen molar-refractivity contribution in [3.8, 4) is 5.75 Å². The van der Waals surface area contributed by atoms with E-state index in [1.807, 2.05) is 32.9 Å². The van der Waals surface area contributed by atoms with Crippen molar-refractivity contribution in [2.45, 2.75) is 32.0 Å². The van der Waals surface area contributed by atoms with Gasteiger partial charge in [-0.3, -0.25) is 4.79 Å². The van der Waals surface area contributed by atoms with Gasteiger partial charge in [-0.05, 0) is 43.5 Å². The van der Waals surface area contributed by atoms with Gasteiger partial charge in [0.2, 0.25) is 5.91 Å². The average Bonchev–Trinajstić information content (AvgIpc) is 2.35. The number of hydrogen-bond acceptors (Lipinski definition) is 2. The first kappa shape index (κ1) is 16.0. The number of carbonyl (C=O) groups is 1. The number of alkyl halides is 1. The summed E-state index contributed by atoms with van der Waals surface area (Å²) in [4.78, 5) is 13.4. The van der Waals surface area contributed by atoms with Gasteiger partial charge in [-0.25, -0.2) is 0 Å². The predicted octanol–water partition coefficient (Wildman–Crippen LogP) is 3.31. The van der Waals surface area contributed by atoms with Crippen molar-refractivity contribution in [1.29, 1.82) is 0 Å². The molecule has 0 heterocycles. The Bertz CT molecular complexity index is 414. The molecule has 0 aromatic heterocycles. The molecule has 1 unspecified atom stereocenters. The third-order valence-electron chi connectivity index (χ3n) is 2.89. The second-order valence-electron chi connectivity index (χ2n) is 4.81. The normalized spacial score (nSPS) is 12.1. The fourth-order valence-corrected chi connectivity index (χ4v) is 2.19. The zero-order chi connectivity index (χ0) is 14.4. The molecule has 0 radical (unpaired) electrons. The molecule has 0 aliphatic carbocycles. The quantitative estimate of drug-likeness (QED) is 0.750. The Balaban J connectivity index is 2.43. The Labute approximate surface area is 124 Å². The van der Waals surface area contributed by atoms with Crippen molar-refractivity contribution in [3.63, 3.8) is 0 Å². The van der Waals surface area contributed by atoms with Crippen LogP contribution in [0.3, 0.4) is 0 Å². The molecule has 106 valence electrons. The van der Waals surface area contributed by atoms with Gasteiger partial charge in [0.05, 0.1) is 11.4 Å². The lowest BCUT2D eigenvalue weighted by molar-refractivity contribution is -0.129. The van der Waals surface area contributed by atoms with Gasteiger partial charge in [0.15, 0.2) is 0 Å². The standard InChI is InChI=1S/C15H22BrNO2/c1-5-14(16)15(18)17(4)6-7-19-13-9-11(2)8-12(3)10-13/h8-10,14H,5-7H2,1-4H3. The number of carbonyl (C=O) groups excluding carboxylic acids is 1. The zero-order valence-electron chi connectivity index (χ0n) is 12.1. The highest BCUT2D eigenvalue weighted by atomic mass is 79.9. The molecule has 1 aromatic rings. The maximum absolute atomic E-state index is 11.8. The molecule has 0 aliphatic heterocycles. The monoisotopic (exact) mass is 327 g/mol. The number of benzene rings is 1. The maximum Gasteiger partial charge on any atom is 0.236 e. The Kier molecular flexibility index (Phi) is 6.35. The summed E-state index contributed by atoms with van der Waals surface area (Å²) in [5.74, 6) is 0.968. The van der Waals surface area contributed by atoms with Crippen LogP contribution in [0.15, 0.2) is 18.2 Å². The van der Waals surface area contributed by atoms with Gasteiger partial charge >= 0.3 is 0 Å². The summed E-state index contributed by atoms with van der Waals surface area (Å²) in [5, 5.41) is 0. The minimum absolute atomic E-state index is 0.0984. The third-order valence-corrected chi connectivity index (χ3v) is 3.93. The lowest BCUT2D eigenvalue weighted by Crippen LogP contribution is -2.35. The van der Waals surface area contributed by atoms with Crippen LogP contribution >= 0.6 is 15.9 Å². The highest BCUT2D eigenvalue weighted by molar-refractivity contribution is 9.10. The fraction of sp³-hybridized carbons (Fsp3) is 0.533. The van der Waals surface area contributed by atoms with Gasteiger partial charge in [-0.1, -0.05) is 28.9 Å². The predicted molar refractivity (Wildman–Crippen MR) is 82.1 cm³/mol. The van der Waals surface area contributed by atoms with Gasteiger partial charge in [0, 0.05) is 7.05 Å². The lowest BCUT2D eigenvalue weighted by atomic mass is 10.1. The summed E-state index contributed by atoms with van der Waals surface area (Å²) in [5.41, 5.74) is 2.37. The highest BCUT2D eigenvalue weighted by Gasteiger charge is 2.16. The summed E-state index contributed by atoms with van der Waals surface area (Å²) in [7, 11) is 1.80. The van der Waals surface area contributed by atoms with Gasteiger partial charge < -0.3 is 9.64 Å². The van der Waals surface area contributed by atoms with Gasteiger partial charge in [0.1, 0.15) is 12.4 Å². The fourth-order valence-electron chi connectivity index (χ4n) is 1.84. The molecule has 0 fully saturated rings. The summed E-state index contributed by atoms with van der Waals surface area (Å²) in [6.07, 6.45) is 0.793. The van der Waals surface area contributed by atoms with E-state index in [1.165, 1.54) is 11.1 Å². The molecule has 0 aliphatic rings. The average molecular weight is 328 g/mol. The summed E-state index contributed by atoms with van der Waals surface area (Å²) < 4.78 is 5.69. The van der Waals surface area contributed by atoms with Crippen molar-refractivity contribution >= 4 is 21.8 Å². The first-order chi connectivity index (χ1) is 8.93. The van der Waals surface area contributed by atoms with E-state index < -0.39 is 0 Å². The molecule has 0 bridgehead atoms. The second kappa shape index (κ2) is 7.53. The van der Waals surface area contributed by atoms with Crippen molar-refractivity contribution in [3.05, 3.63) is 29.3 Å². The molecule has 1 aromatic carbocycles. The number of rotatable bonds is 6. The molecule has 1 atom stereocenters. The van der Waals surface area contributed by atoms with Crippen LogP contribution in [0, 0.1) is 13.8 Å². The Morgan fingerprint density at radius 3 is 2.42 bits per heavy atom. The number of aryl methyl sites for hydroxylation is 2. The maximum atomic E-state index is 11.8. The van der Waals surface area contributed by atoms with Crippen LogP contribution in [-0.2, 0) is 4.79 Å². The van der Waals surface area contributed by atoms with E-state index in [-0.39, 0.29) is 10.7 Å². The van der Waals surface area contributed by atoms with Crippen LogP contribution in [0.25, 0.3) is 0 Å². The van der Waals surface area contributed by atoms with E-state index in [0.29, 0.717) is 13.2 Å². The smallest absolute Gasteiger partial charge is 0.236 e. The topological polar surface area (TPSA) is 29.5 Å².